The van der Waals surface area contributed by atoms with E-state index < -0.39 is 0 Å². The Morgan fingerprint density at radius 1 is 1.53 bits per heavy atom. The minimum Gasteiger partial charge on any atom is -0.458 e. The van der Waals surface area contributed by atoms with E-state index in [-0.39, 0.29) is 12.1 Å². The summed E-state index contributed by atoms with van der Waals surface area (Å²) in [5.41, 5.74) is 9.10. The average molecular weight is 298 g/mol. The summed E-state index contributed by atoms with van der Waals surface area (Å²) >= 11 is 3.33. The summed E-state index contributed by atoms with van der Waals surface area (Å²) in [6.45, 7) is 1.66. The number of nitrogens with zero attached hydrogens (tertiary/aromatic N) is 3. The molecule has 1 aromatic rings. The number of esters is 1. The molecule has 1 rings (SSSR count). The van der Waals surface area contributed by atoms with Crippen molar-refractivity contribution in [2.45, 2.75) is 19.4 Å². The number of hydrogen-bond donors (Lipinski definition) is 0. The Kier molecular flexibility index (Phi) is 5.52. The van der Waals surface area contributed by atoms with Crippen LogP contribution in [0.3, 0.4) is 0 Å². The van der Waals surface area contributed by atoms with E-state index in [4.69, 9.17) is 10.3 Å². The van der Waals surface area contributed by atoms with Crippen molar-refractivity contribution in [1.29, 1.82) is 0 Å². The smallest absolute Gasteiger partial charge is 0.303 e. The van der Waals surface area contributed by atoms with Gasteiger partial charge in [-0.15, -0.1) is 0 Å². The first-order valence-corrected chi connectivity index (χ1v) is 5.86. The van der Waals surface area contributed by atoms with E-state index >= 15 is 0 Å². The Bertz CT molecular complexity index is 427. The molecule has 0 saturated heterocycles. The molecule has 0 aliphatic heterocycles. The van der Waals surface area contributed by atoms with Crippen molar-refractivity contribution in [3.8, 4) is 0 Å². The van der Waals surface area contributed by atoms with Crippen LogP contribution in [0.4, 0.5) is 0 Å². The van der Waals surface area contributed by atoms with Crippen LogP contribution in [0.15, 0.2) is 33.9 Å². The number of carbonyl (C=O) groups is 1. The van der Waals surface area contributed by atoms with Gasteiger partial charge in [0.25, 0.3) is 0 Å². The number of ether oxygens (including phenoxy) is 1. The van der Waals surface area contributed by atoms with E-state index in [1.807, 2.05) is 24.3 Å². The van der Waals surface area contributed by atoms with Crippen LogP contribution >= 0.6 is 15.9 Å². The minimum atomic E-state index is -0.369. The first kappa shape index (κ1) is 13.5. The predicted octanol–water partition coefficient (Wildman–Crippen LogP) is 3.75. The molecule has 1 aromatic carbocycles. The van der Waals surface area contributed by atoms with Crippen molar-refractivity contribution in [1.82, 2.24) is 0 Å². The molecule has 0 aromatic heterocycles. The third-order valence-electron chi connectivity index (χ3n) is 2.10. The van der Waals surface area contributed by atoms with Gasteiger partial charge < -0.3 is 4.74 Å². The van der Waals surface area contributed by atoms with E-state index in [9.17, 15) is 4.79 Å². The fourth-order valence-corrected chi connectivity index (χ4v) is 1.66. The highest BCUT2D eigenvalue weighted by atomic mass is 79.9. The van der Waals surface area contributed by atoms with Gasteiger partial charge in [0, 0.05) is 22.9 Å². The number of halogens is 1. The second-order valence-electron chi connectivity index (χ2n) is 3.39. The molecule has 0 spiro atoms. The molecule has 0 N–H and O–H groups in total. The monoisotopic (exact) mass is 297 g/mol. The summed E-state index contributed by atoms with van der Waals surface area (Å²) in [4.78, 5) is 13.7. The van der Waals surface area contributed by atoms with Crippen LogP contribution in [0.2, 0.25) is 0 Å². The molecular weight excluding hydrogens is 286 g/mol. The molecular formula is C11H12BrN3O2. The van der Waals surface area contributed by atoms with E-state index in [1.165, 1.54) is 6.92 Å². The number of benzene rings is 1. The molecule has 0 unspecified atom stereocenters. The Labute approximate surface area is 108 Å². The van der Waals surface area contributed by atoms with Gasteiger partial charge in [0.1, 0.15) is 6.10 Å². The third-order valence-corrected chi connectivity index (χ3v) is 2.63. The lowest BCUT2D eigenvalue weighted by molar-refractivity contribution is -0.146. The van der Waals surface area contributed by atoms with Gasteiger partial charge >= 0.3 is 5.97 Å². The van der Waals surface area contributed by atoms with Crippen LogP contribution in [-0.2, 0) is 9.53 Å². The summed E-state index contributed by atoms with van der Waals surface area (Å²) < 4.78 is 6.14. The first-order valence-electron chi connectivity index (χ1n) is 5.07. The predicted molar refractivity (Wildman–Crippen MR) is 67.3 cm³/mol. The molecule has 6 heteroatoms. The summed E-state index contributed by atoms with van der Waals surface area (Å²) in [6, 6.07) is 7.49. The van der Waals surface area contributed by atoms with Crippen molar-refractivity contribution in [3.05, 3.63) is 44.7 Å². The highest BCUT2D eigenvalue weighted by Gasteiger charge is 2.13. The molecule has 1 atom stereocenters. The second kappa shape index (κ2) is 6.93. The first-order chi connectivity index (χ1) is 8.13. The molecule has 0 saturated carbocycles. The Morgan fingerprint density at radius 3 is 2.71 bits per heavy atom. The van der Waals surface area contributed by atoms with Gasteiger partial charge in [0.2, 0.25) is 0 Å². The van der Waals surface area contributed by atoms with Crippen LogP contribution < -0.4 is 0 Å². The lowest BCUT2D eigenvalue weighted by Gasteiger charge is -2.16. The third kappa shape index (κ3) is 4.89. The Balaban J connectivity index is 2.77. The number of rotatable bonds is 5. The number of azide groups is 1. The van der Waals surface area contributed by atoms with Gasteiger partial charge in [-0.1, -0.05) is 33.2 Å². The van der Waals surface area contributed by atoms with Gasteiger partial charge in [-0.05, 0) is 29.6 Å². The van der Waals surface area contributed by atoms with Crippen molar-refractivity contribution in [2.75, 3.05) is 6.54 Å². The zero-order chi connectivity index (χ0) is 12.7. The molecule has 17 heavy (non-hydrogen) atoms. The van der Waals surface area contributed by atoms with Gasteiger partial charge in [0.05, 0.1) is 0 Å². The molecule has 0 bridgehead atoms. The maximum Gasteiger partial charge on any atom is 0.303 e. The molecule has 0 fully saturated rings. The lowest BCUT2D eigenvalue weighted by atomic mass is 10.1. The van der Waals surface area contributed by atoms with Crippen molar-refractivity contribution in [3.63, 3.8) is 0 Å². The van der Waals surface area contributed by atoms with Gasteiger partial charge in [0.15, 0.2) is 0 Å². The lowest BCUT2D eigenvalue weighted by Crippen LogP contribution is -2.09. The van der Waals surface area contributed by atoms with Crippen molar-refractivity contribution >= 4 is 21.9 Å². The number of carbonyl (C=O) groups excluding carboxylic acids is 1. The zero-order valence-corrected chi connectivity index (χ0v) is 10.9. The van der Waals surface area contributed by atoms with Crippen LogP contribution in [-0.4, -0.2) is 12.5 Å². The van der Waals surface area contributed by atoms with E-state index in [0.29, 0.717) is 13.0 Å². The standard InChI is InChI=1S/C11H12BrN3O2/c1-8(16)17-11(6-7-14-15-13)9-2-4-10(12)5-3-9/h2-5,11H,6-7H2,1H3/t11-/m1/s1. The fraction of sp³-hybridized carbons (Fsp3) is 0.364. The quantitative estimate of drug-likeness (QED) is 0.359. The van der Waals surface area contributed by atoms with E-state index in [0.717, 1.165) is 10.0 Å². The minimum absolute atomic E-state index is 0.296. The molecule has 5 nitrogen and oxygen atoms in total. The summed E-state index contributed by atoms with van der Waals surface area (Å²) in [7, 11) is 0. The van der Waals surface area contributed by atoms with Crippen LogP contribution in [0.25, 0.3) is 10.4 Å². The maximum atomic E-state index is 11.0. The van der Waals surface area contributed by atoms with E-state index in [2.05, 4.69) is 26.0 Å². The molecule has 0 aliphatic rings. The van der Waals surface area contributed by atoms with E-state index in [1.54, 1.807) is 0 Å². The SMILES string of the molecule is CC(=O)O[C@H](CCN=[N+]=[N-])c1ccc(Br)cc1. The van der Waals surface area contributed by atoms with Gasteiger partial charge in [-0.3, -0.25) is 4.79 Å². The topological polar surface area (TPSA) is 75.1 Å². The van der Waals surface area contributed by atoms with Crippen LogP contribution in [0.1, 0.15) is 25.0 Å². The second-order valence-corrected chi connectivity index (χ2v) is 4.31. The van der Waals surface area contributed by atoms with Crippen LogP contribution in [0, 0.1) is 0 Å². The summed E-state index contributed by atoms with van der Waals surface area (Å²) in [6.07, 6.45) is 0.108. The fourth-order valence-electron chi connectivity index (χ4n) is 1.39. The highest BCUT2D eigenvalue weighted by Crippen LogP contribution is 2.23. The van der Waals surface area contributed by atoms with Gasteiger partial charge in [-0.2, -0.15) is 0 Å². The Morgan fingerprint density at radius 2 is 2.18 bits per heavy atom. The number of hydrogen-bond acceptors (Lipinski definition) is 3. The Hall–Kier alpha value is -1.52. The molecule has 0 amide bonds. The average Bonchev–Trinajstić information content (AvgIpc) is 2.28. The largest absolute Gasteiger partial charge is 0.458 e. The van der Waals surface area contributed by atoms with Crippen LogP contribution in [0.5, 0.6) is 0 Å². The molecule has 0 aliphatic carbocycles. The van der Waals surface area contributed by atoms with Gasteiger partial charge in [-0.25, -0.2) is 0 Å². The molecule has 0 heterocycles. The van der Waals surface area contributed by atoms with Crippen molar-refractivity contribution in [2.24, 2.45) is 5.11 Å². The molecule has 90 valence electrons. The zero-order valence-electron chi connectivity index (χ0n) is 9.34. The maximum absolute atomic E-state index is 11.0. The summed E-state index contributed by atoms with van der Waals surface area (Å²) in [5.74, 6) is -0.348. The molecule has 0 radical (unpaired) electrons. The summed E-state index contributed by atoms with van der Waals surface area (Å²) in [5, 5.41) is 3.44. The normalized spacial score (nSPS) is 11.4. The van der Waals surface area contributed by atoms with Crippen molar-refractivity contribution < 1.29 is 9.53 Å². The highest BCUT2D eigenvalue weighted by molar-refractivity contribution is 9.10.